The topological polar surface area (TPSA) is 283 Å². The van der Waals surface area contributed by atoms with Crippen molar-refractivity contribution in [3.63, 3.8) is 0 Å². The second kappa shape index (κ2) is 18.8. The summed E-state index contributed by atoms with van der Waals surface area (Å²) in [6, 6.07) is 15.1. The van der Waals surface area contributed by atoms with Crippen LogP contribution in [-0.4, -0.2) is 101 Å². The van der Waals surface area contributed by atoms with E-state index >= 15 is 4.39 Å². The molecule has 0 spiro atoms. The lowest BCUT2D eigenvalue weighted by atomic mass is 9.86. The molecule has 23 heteroatoms. The lowest BCUT2D eigenvalue weighted by Gasteiger charge is -2.31. The number of aliphatic hydroxyl groups is 1. The van der Waals surface area contributed by atoms with Crippen LogP contribution in [0.15, 0.2) is 69.8 Å². The molecule has 0 unspecified atom stereocenters. The molecular formula is C49H45FN8O12S2. The highest BCUT2D eigenvalue weighted by atomic mass is 32.2. The fourth-order valence-corrected chi connectivity index (χ4v) is 12.4. The van der Waals surface area contributed by atoms with Crippen molar-refractivity contribution < 1.29 is 56.2 Å². The van der Waals surface area contributed by atoms with Gasteiger partial charge in [0.25, 0.3) is 5.56 Å². The maximum absolute atomic E-state index is 16.1. The molecule has 72 heavy (non-hydrogen) atoms. The van der Waals surface area contributed by atoms with E-state index in [9.17, 15) is 47.1 Å². The predicted octanol–water partition coefficient (Wildman–Crippen LogP) is 1.96. The molecule has 2 atom stereocenters. The van der Waals surface area contributed by atoms with Crippen LogP contribution in [0.1, 0.15) is 59.6 Å². The number of nitrogens with one attached hydrogen (secondary N) is 5. The molecule has 1 fully saturated rings. The molecule has 6 N–H and O–H groups in total. The lowest BCUT2D eigenvalue weighted by Crippen LogP contribution is -2.52. The molecule has 6 heterocycles. The molecule has 0 radical (unpaired) electrons. The van der Waals surface area contributed by atoms with Gasteiger partial charge in [-0.05, 0) is 54.2 Å². The quantitative estimate of drug-likeness (QED) is 0.0756. The van der Waals surface area contributed by atoms with Crippen LogP contribution in [-0.2, 0) is 81.4 Å². The number of benzene rings is 3. The molecule has 0 saturated heterocycles. The molecule has 3 aliphatic heterocycles. The predicted molar refractivity (Wildman–Crippen MR) is 257 cm³/mol. The Balaban J connectivity index is 0.764. The number of esters is 1. The summed E-state index contributed by atoms with van der Waals surface area (Å²) < 4.78 is 54.6. The molecule has 3 aromatic carbocycles. The number of carbonyl (C=O) groups is 6. The van der Waals surface area contributed by atoms with Crippen molar-refractivity contribution in [3.8, 4) is 17.1 Å². The first-order valence-electron chi connectivity index (χ1n) is 23.1. The molecule has 3 aromatic heterocycles. The van der Waals surface area contributed by atoms with Gasteiger partial charge in [0, 0.05) is 35.4 Å². The fraction of sp³-hybridized carbons (Fsp3) is 0.327. The Morgan fingerprint density at radius 3 is 2.39 bits per heavy atom. The van der Waals surface area contributed by atoms with Crippen molar-refractivity contribution in [2.24, 2.45) is 0 Å². The third-order valence-corrected chi connectivity index (χ3v) is 16.8. The number of thiazole rings is 1. The molecular weight excluding hydrogens is 976 g/mol. The SMILES string of the molecule is CC[C@@]1(O)C(=O)OCc2c1cc1n(c2=O)Cc2c-1nc1cc(F)c(NC(=O)CNC(=O)[C@H](Cc3ccccc3)NC(=O)CNC(=O)CNC(=O)Cc3ccc4nc(S(=O)(=O)C5CC5)sc4c3)c3c1c2CCO3. The standard InChI is InChI=1S/C49H45FN8O12S2/c1-2-49(66)30-17-35-42-28(22-58(35)46(64)29(30)23-70-47(49)65)27-12-13-69-44-41(27)33(55-42)18-31(50)43(44)57-40(62)21-53-45(63)34(14-24-6-4-3-5-7-24)54-39(61)20-52-38(60)19-51-37(59)16-25-8-11-32-36(15-25)71-48(56-32)72(67,68)26-9-10-26/h3-8,11,15,17-18,26,34,66H,2,9-10,12-14,16,19-23H2,1H3,(H,51,59)(H,52,60)(H,53,63)(H,54,61)(H,57,62)/t34-,49-/m0/s1. The van der Waals surface area contributed by atoms with Gasteiger partial charge < -0.3 is 45.7 Å². The number of pyridine rings is 2. The molecule has 5 amide bonds. The average molecular weight is 1020 g/mol. The monoisotopic (exact) mass is 1020 g/mol. The van der Waals surface area contributed by atoms with Crippen LogP contribution in [0.2, 0.25) is 0 Å². The van der Waals surface area contributed by atoms with Gasteiger partial charge in [0.15, 0.2) is 17.2 Å². The zero-order valence-electron chi connectivity index (χ0n) is 38.4. The number of ether oxygens (including phenoxy) is 2. The maximum atomic E-state index is 16.1. The number of hydrogen-bond acceptors (Lipinski definition) is 15. The van der Waals surface area contributed by atoms with Crippen LogP contribution < -0.4 is 36.9 Å². The minimum atomic E-state index is -3.47. The summed E-state index contributed by atoms with van der Waals surface area (Å²) in [6.45, 7) is -0.194. The van der Waals surface area contributed by atoms with Crippen molar-refractivity contribution in [2.45, 2.75) is 79.8 Å². The molecule has 372 valence electrons. The number of fused-ring (bicyclic) bond motifs is 6. The zero-order chi connectivity index (χ0) is 50.6. The third-order valence-electron chi connectivity index (χ3n) is 13.1. The zero-order valence-corrected chi connectivity index (χ0v) is 40.0. The summed E-state index contributed by atoms with van der Waals surface area (Å²) in [4.78, 5) is 101. The Bertz CT molecular complexity index is 3490. The first-order chi connectivity index (χ1) is 34.5. The normalized spacial score (nSPS) is 16.9. The number of hydrogen-bond donors (Lipinski definition) is 6. The second-order valence-corrected chi connectivity index (χ2v) is 21.3. The van der Waals surface area contributed by atoms with Crippen LogP contribution in [0.25, 0.3) is 32.5 Å². The minimum Gasteiger partial charge on any atom is -0.490 e. The highest BCUT2D eigenvalue weighted by Gasteiger charge is 2.46. The van der Waals surface area contributed by atoms with E-state index in [0.717, 1.165) is 17.4 Å². The Morgan fingerprint density at radius 2 is 1.62 bits per heavy atom. The Kier molecular flexibility index (Phi) is 12.6. The molecule has 1 saturated carbocycles. The van der Waals surface area contributed by atoms with Crippen molar-refractivity contribution in [3.05, 3.63) is 110 Å². The van der Waals surface area contributed by atoms with Crippen molar-refractivity contribution in [1.29, 1.82) is 0 Å². The van der Waals surface area contributed by atoms with E-state index in [-0.39, 0.29) is 71.4 Å². The van der Waals surface area contributed by atoms with Gasteiger partial charge in [0.2, 0.25) is 43.7 Å². The average Bonchev–Trinajstić information content (AvgIpc) is 4.05. The van der Waals surface area contributed by atoms with Crippen molar-refractivity contribution in [2.75, 3.05) is 31.6 Å². The van der Waals surface area contributed by atoms with E-state index in [2.05, 4.69) is 31.6 Å². The fourth-order valence-electron chi connectivity index (χ4n) is 9.21. The summed E-state index contributed by atoms with van der Waals surface area (Å²) in [5.41, 5.74) is 1.53. The molecule has 20 nitrogen and oxygen atoms in total. The van der Waals surface area contributed by atoms with E-state index in [1.165, 1.54) is 4.57 Å². The molecule has 4 aliphatic rings. The van der Waals surface area contributed by atoms with Gasteiger partial charge >= 0.3 is 5.97 Å². The van der Waals surface area contributed by atoms with Crippen molar-refractivity contribution >= 4 is 83.5 Å². The van der Waals surface area contributed by atoms with Gasteiger partial charge in [-0.25, -0.2) is 27.6 Å². The van der Waals surface area contributed by atoms with Gasteiger partial charge in [0.05, 0.1) is 77.1 Å². The first kappa shape index (κ1) is 48.0. The van der Waals surface area contributed by atoms with Crippen LogP contribution in [0.5, 0.6) is 5.75 Å². The summed E-state index contributed by atoms with van der Waals surface area (Å²) >= 11 is 1.05. The van der Waals surface area contributed by atoms with Gasteiger partial charge in [-0.3, -0.25) is 28.8 Å². The summed E-state index contributed by atoms with van der Waals surface area (Å²) in [6.07, 6.45) is 1.43. The number of amides is 5. The second-order valence-electron chi connectivity index (χ2n) is 17.9. The van der Waals surface area contributed by atoms with Gasteiger partial charge in [-0.1, -0.05) is 43.3 Å². The Labute approximate surface area is 412 Å². The number of nitrogens with zero attached hydrogens (tertiary/aromatic N) is 3. The number of anilines is 1. The Hall–Kier alpha value is -7.63. The van der Waals surface area contributed by atoms with E-state index < -0.39 is 93.2 Å². The molecule has 6 aromatic rings. The number of carbonyl (C=O) groups excluding carboxylic acids is 6. The van der Waals surface area contributed by atoms with Gasteiger partial charge in [0.1, 0.15) is 18.3 Å². The number of sulfone groups is 1. The molecule has 1 aliphatic carbocycles. The van der Waals surface area contributed by atoms with Gasteiger partial charge in [-0.15, -0.1) is 11.3 Å². The van der Waals surface area contributed by atoms with Crippen LogP contribution in [0, 0.1) is 5.82 Å². The first-order valence-corrected chi connectivity index (χ1v) is 25.4. The highest BCUT2D eigenvalue weighted by molar-refractivity contribution is 7.94. The highest BCUT2D eigenvalue weighted by Crippen LogP contribution is 2.46. The number of halogens is 1. The van der Waals surface area contributed by atoms with Gasteiger partial charge in [-0.2, -0.15) is 0 Å². The largest absolute Gasteiger partial charge is 0.490 e. The van der Waals surface area contributed by atoms with Crippen LogP contribution >= 0.6 is 11.3 Å². The third kappa shape index (κ3) is 9.02. The summed E-state index contributed by atoms with van der Waals surface area (Å²) in [5.74, 6) is -5.29. The van der Waals surface area contributed by atoms with Crippen LogP contribution in [0.4, 0.5) is 10.1 Å². The number of cyclic esters (lactones) is 1. The minimum absolute atomic E-state index is 0.00358. The van der Waals surface area contributed by atoms with E-state index in [1.807, 2.05) is 0 Å². The van der Waals surface area contributed by atoms with E-state index in [0.29, 0.717) is 68.5 Å². The number of rotatable bonds is 16. The number of aromatic nitrogens is 3. The smallest absolute Gasteiger partial charge is 0.343 e. The maximum Gasteiger partial charge on any atom is 0.343 e. The molecule has 10 rings (SSSR count). The van der Waals surface area contributed by atoms with E-state index in [4.69, 9.17) is 14.5 Å². The summed E-state index contributed by atoms with van der Waals surface area (Å²) in [7, 11) is -3.47. The van der Waals surface area contributed by atoms with Crippen LogP contribution in [0.3, 0.4) is 0 Å². The van der Waals surface area contributed by atoms with Crippen molar-refractivity contribution in [1.82, 2.24) is 35.8 Å². The Morgan fingerprint density at radius 1 is 0.875 bits per heavy atom. The summed E-state index contributed by atoms with van der Waals surface area (Å²) in [5, 5.41) is 23.7. The van der Waals surface area contributed by atoms with E-state index in [1.54, 1.807) is 61.5 Å². The molecule has 0 bridgehead atoms. The lowest BCUT2D eigenvalue weighted by molar-refractivity contribution is -0.172.